The maximum atomic E-state index is 11.7. The minimum absolute atomic E-state index is 0.0598. The van der Waals surface area contributed by atoms with Crippen molar-refractivity contribution in [3.8, 4) is 0 Å². The summed E-state index contributed by atoms with van der Waals surface area (Å²) in [6.45, 7) is 6.87. The zero-order valence-electron chi connectivity index (χ0n) is 11.4. The number of nitrogens with two attached hydrogens (primary N) is 1. The number of hydrogen-bond donors (Lipinski definition) is 1. The second kappa shape index (κ2) is 6.36. The Kier molecular flexibility index (Phi) is 5.40. The summed E-state index contributed by atoms with van der Waals surface area (Å²) in [7, 11) is 2.05. The molecule has 2 N–H and O–H groups in total. The van der Waals surface area contributed by atoms with Crippen molar-refractivity contribution in [2.24, 2.45) is 11.1 Å². The van der Waals surface area contributed by atoms with Gasteiger partial charge in [0, 0.05) is 19.5 Å². The third-order valence-electron chi connectivity index (χ3n) is 3.47. The second-order valence-electron chi connectivity index (χ2n) is 5.87. The van der Waals surface area contributed by atoms with E-state index in [1.807, 2.05) is 0 Å². The maximum absolute atomic E-state index is 11.7. The Morgan fingerprint density at radius 2 is 2.18 bits per heavy atom. The molecule has 0 aromatic rings. The number of ether oxygens (including phenoxy) is 1. The van der Waals surface area contributed by atoms with Crippen LogP contribution in [0.5, 0.6) is 0 Å². The highest BCUT2D eigenvalue weighted by Crippen LogP contribution is 2.26. The summed E-state index contributed by atoms with van der Waals surface area (Å²) in [6, 6.07) is 0. The molecule has 0 spiro atoms. The Balaban J connectivity index is 2.21. The largest absolute Gasteiger partial charge is 0.461 e. The van der Waals surface area contributed by atoms with Gasteiger partial charge in [0.15, 0.2) is 0 Å². The van der Waals surface area contributed by atoms with Crippen LogP contribution in [0.25, 0.3) is 0 Å². The molecule has 1 aliphatic rings. The molecule has 100 valence electrons. The number of esters is 1. The predicted molar refractivity (Wildman–Crippen MR) is 68.7 cm³/mol. The van der Waals surface area contributed by atoms with Crippen molar-refractivity contribution in [3.05, 3.63) is 0 Å². The van der Waals surface area contributed by atoms with Crippen molar-refractivity contribution in [1.29, 1.82) is 0 Å². The van der Waals surface area contributed by atoms with Crippen molar-refractivity contribution in [2.75, 3.05) is 26.7 Å². The lowest BCUT2D eigenvalue weighted by Gasteiger charge is -2.23. The molecule has 0 radical (unpaired) electrons. The molecule has 0 bridgehead atoms. The average Bonchev–Trinajstić information content (AvgIpc) is 2.61. The minimum Gasteiger partial charge on any atom is -0.461 e. The summed E-state index contributed by atoms with van der Waals surface area (Å²) >= 11 is 0. The van der Waals surface area contributed by atoms with Gasteiger partial charge in [-0.25, -0.2) is 0 Å². The molecule has 1 aliphatic heterocycles. The lowest BCUT2D eigenvalue weighted by atomic mass is 9.84. The predicted octanol–water partition coefficient (Wildman–Crippen LogP) is 1.39. The molecular weight excluding hydrogens is 216 g/mol. The maximum Gasteiger partial charge on any atom is 0.306 e. The van der Waals surface area contributed by atoms with Crippen molar-refractivity contribution in [2.45, 2.75) is 45.6 Å². The van der Waals surface area contributed by atoms with E-state index in [-0.39, 0.29) is 17.5 Å². The Labute approximate surface area is 104 Å². The van der Waals surface area contributed by atoms with E-state index in [4.69, 9.17) is 10.5 Å². The SMILES string of the molecule is CN1CCC(OC(=O)CCC(C)(C)CCN)C1. The van der Waals surface area contributed by atoms with E-state index in [1.165, 1.54) is 0 Å². The average molecular weight is 242 g/mol. The highest BCUT2D eigenvalue weighted by molar-refractivity contribution is 5.69. The van der Waals surface area contributed by atoms with Crippen LogP contribution in [0.15, 0.2) is 0 Å². The fourth-order valence-corrected chi connectivity index (χ4v) is 2.19. The molecule has 1 saturated heterocycles. The number of likely N-dealkylation sites (tertiary alicyclic amines) is 1. The number of likely N-dealkylation sites (N-methyl/N-ethyl adjacent to an activating group) is 1. The van der Waals surface area contributed by atoms with Gasteiger partial charge in [-0.1, -0.05) is 13.8 Å². The standard InChI is InChI=1S/C13H26N2O2/c1-13(2,7-8-14)6-4-12(16)17-11-5-9-15(3)10-11/h11H,4-10,14H2,1-3H3. The van der Waals surface area contributed by atoms with Gasteiger partial charge in [0.25, 0.3) is 0 Å². The normalized spacial score (nSPS) is 21.8. The van der Waals surface area contributed by atoms with Gasteiger partial charge >= 0.3 is 5.97 Å². The third kappa shape index (κ3) is 5.50. The van der Waals surface area contributed by atoms with Gasteiger partial charge in [-0.2, -0.15) is 0 Å². The smallest absolute Gasteiger partial charge is 0.306 e. The van der Waals surface area contributed by atoms with E-state index in [0.717, 1.165) is 32.4 Å². The first-order chi connectivity index (χ1) is 7.93. The lowest BCUT2D eigenvalue weighted by molar-refractivity contribution is -0.149. The Morgan fingerprint density at radius 3 is 2.71 bits per heavy atom. The van der Waals surface area contributed by atoms with E-state index >= 15 is 0 Å². The molecule has 0 aromatic heterocycles. The molecule has 0 amide bonds. The first kappa shape index (κ1) is 14.5. The van der Waals surface area contributed by atoms with Gasteiger partial charge in [-0.05, 0) is 38.3 Å². The summed E-state index contributed by atoms with van der Waals surface area (Å²) in [5, 5.41) is 0. The molecule has 0 aliphatic carbocycles. The van der Waals surface area contributed by atoms with Crippen LogP contribution in [0.2, 0.25) is 0 Å². The molecule has 1 fully saturated rings. The van der Waals surface area contributed by atoms with Gasteiger partial charge < -0.3 is 15.4 Å². The highest BCUT2D eigenvalue weighted by Gasteiger charge is 2.24. The fourth-order valence-electron chi connectivity index (χ4n) is 2.19. The van der Waals surface area contributed by atoms with Gasteiger partial charge in [0.1, 0.15) is 6.10 Å². The Hall–Kier alpha value is -0.610. The molecule has 1 heterocycles. The Morgan fingerprint density at radius 1 is 1.47 bits per heavy atom. The summed E-state index contributed by atoms with van der Waals surface area (Å²) in [4.78, 5) is 13.9. The van der Waals surface area contributed by atoms with Crippen molar-refractivity contribution in [3.63, 3.8) is 0 Å². The van der Waals surface area contributed by atoms with Gasteiger partial charge in [-0.3, -0.25) is 4.79 Å². The van der Waals surface area contributed by atoms with E-state index in [0.29, 0.717) is 13.0 Å². The summed E-state index contributed by atoms with van der Waals surface area (Å²) in [5.74, 6) is -0.0598. The quantitative estimate of drug-likeness (QED) is 0.715. The topological polar surface area (TPSA) is 55.6 Å². The van der Waals surface area contributed by atoms with Gasteiger partial charge in [0.2, 0.25) is 0 Å². The van der Waals surface area contributed by atoms with Crippen molar-refractivity contribution in [1.82, 2.24) is 4.90 Å². The molecule has 0 aromatic carbocycles. The van der Waals surface area contributed by atoms with Crippen LogP contribution in [0.4, 0.5) is 0 Å². The van der Waals surface area contributed by atoms with Gasteiger partial charge in [0.05, 0.1) is 0 Å². The lowest BCUT2D eigenvalue weighted by Crippen LogP contribution is -2.24. The van der Waals surface area contributed by atoms with Crippen LogP contribution in [0.1, 0.15) is 39.5 Å². The number of hydrogen-bond acceptors (Lipinski definition) is 4. The first-order valence-electron chi connectivity index (χ1n) is 6.51. The number of nitrogens with zero attached hydrogens (tertiary/aromatic N) is 1. The Bertz CT molecular complexity index is 254. The number of carbonyl (C=O) groups is 1. The van der Waals surface area contributed by atoms with E-state index in [9.17, 15) is 4.79 Å². The van der Waals surface area contributed by atoms with Crippen molar-refractivity contribution >= 4 is 5.97 Å². The molecule has 0 saturated carbocycles. The monoisotopic (exact) mass is 242 g/mol. The molecule has 1 unspecified atom stereocenters. The second-order valence-corrected chi connectivity index (χ2v) is 5.87. The number of carbonyl (C=O) groups excluding carboxylic acids is 1. The van der Waals surface area contributed by atoms with E-state index < -0.39 is 0 Å². The first-order valence-corrected chi connectivity index (χ1v) is 6.51. The summed E-state index contributed by atoms with van der Waals surface area (Å²) < 4.78 is 5.44. The molecule has 4 nitrogen and oxygen atoms in total. The molecule has 17 heavy (non-hydrogen) atoms. The van der Waals surface area contributed by atoms with Crippen LogP contribution in [0, 0.1) is 5.41 Å². The van der Waals surface area contributed by atoms with Crippen LogP contribution in [0.3, 0.4) is 0 Å². The molecular formula is C13H26N2O2. The van der Waals surface area contributed by atoms with Crippen LogP contribution >= 0.6 is 0 Å². The molecule has 1 rings (SSSR count). The zero-order chi connectivity index (χ0) is 12.9. The van der Waals surface area contributed by atoms with Crippen LogP contribution in [-0.4, -0.2) is 43.7 Å². The summed E-state index contributed by atoms with van der Waals surface area (Å²) in [6.07, 6.45) is 3.38. The van der Waals surface area contributed by atoms with Gasteiger partial charge in [-0.15, -0.1) is 0 Å². The zero-order valence-corrected chi connectivity index (χ0v) is 11.4. The van der Waals surface area contributed by atoms with E-state index in [1.54, 1.807) is 0 Å². The fraction of sp³-hybridized carbons (Fsp3) is 0.923. The van der Waals surface area contributed by atoms with Crippen molar-refractivity contribution < 1.29 is 9.53 Å². The summed E-state index contributed by atoms with van der Waals surface area (Å²) in [5.41, 5.74) is 5.69. The number of rotatable bonds is 6. The van der Waals surface area contributed by atoms with E-state index in [2.05, 4.69) is 25.8 Å². The third-order valence-corrected chi connectivity index (χ3v) is 3.47. The van der Waals surface area contributed by atoms with Crippen LogP contribution in [-0.2, 0) is 9.53 Å². The molecule has 4 heteroatoms. The van der Waals surface area contributed by atoms with Crippen LogP contribution < -0.4 is 5.73 Å². The highest BCUT2D eigenvalue weighted by atomic mass is 16.5. The minimum atomic E-state index is -0.0598. The molecule has 1 atom stereocenters.